The Hall–Kier alpha value is -0.940. The molecule has 1 atom stereocenters. The summed E-state index contributed by atoms with van der Waals surface area (Å²) < 4.78 is 0. The molecule has 0 aliphatic rings. The molecule has 0 spiro atoms. The van der Waals surface area contributed by atoms with Crippen molar-refractivity contribution in [2.24, 2.45) is 0 Å². The fraction of sp³-hybridized carbons (Fsp3) is 0.600. The van der Waals surface area contributed by atoms with Gasteiger partial charge in [-0.25, -0.2) is 4.98 Å². The maximum absolute atomic E-state index is 11.3. The average molecular weight is 227 g/mol. The quantitative estimate of drug-likeness (QED) is 0.797. The second kappa shape index (κ2) is 5.82. The Balaban J connectivity index is 2.28. The van der Waals surface area contributed by atoms with Crippen molar-refractivity contribution in [2.75, 3.05) is 6.54 Å². The second-order valence-electron chi connectivity index (χ2n) is 3.70. The van der Waals surface area contributed by atoms with Crippen molar-refractivity contribution in [1.82, 2.24) is 15.6 Å². The van der Waals surface area contributed by atoms with E-state index in [0.29, 0.717) is 6.54 Å². The van der Waals surface area contributed by atoms with Gasteiger partial charge >= 0.3 is 0 Å². The van der Waals surface area contributed by atoms with Crippen LogP contribution >= 0.6 is 11.3 Å². The van der Waals surface area contributed by atoms with Crippen LogP contribution in [0.25, 0.3) is 0 Å². The molecule has 0 bridgehead atoms. The van der Waals surface area contributed by atoms with Crippen LogP contribution in [0.5, 0.6) is 0 Å². The maximum atomic E-state index is 11.3. The van der Waals surface area contributed by atoms with Crippen LogP contribution in [0, 0.1) is 0 Å². The first-order valence-corrected chi connectivity index (χ1v) is 5.89. The molecule has 0 saturated carbocycles. The molecule has 0 aliphatic carbocycles. The highest BCUT2D eigenvalue weighted by atomic mass is 32.1. The van der Waals surface area contributed by atoms with Gasteiger partial charge in [0.2, 0.25) is 5.91 Å². The highest BCUT2D eigenvalue weighted by Gasteiger charge is 2.09. The number of thiazole rings is 1. The van der Waals surface area contributed by atoms with Crippen molar-refractivity contribution < 1.29 is 4.79 Å². The third-order valence-electron chi connectivity index (χ3n) is 1.84. The number of amides is 1. The van der Waals surface area contributed by atoms with Crippen molar-refractivity contribution in [2.45, 2.75) is 32.9 Å². The zero-order chi connectivity index (χ0) is 11.3. The highest BCUT2D eigenvalue weighted by Crippen LogP contribution is 2.13. The van der Waals surface area contributed by atoms with Gasteiger partial charge in [-0.3, -0.25) is 10.1 Å². The summed E-state index contributed by atoms with van der Waals surface area (Å²) in [5.41, 5.74) is 0. The van der Waals surface area contributed by atoms with E-state index in [-0.39, 0.29) is 18.0 Å². The SMILES string of the molecule is CC(C)NC(=O)CNC(C)c1nccs1. The molecular formula is C10H17N3OS. The third-order valence-corrected chi connectivity index (χ3v) is 2.80. The zero-order valence-electron chi connectivity index (χ0n) is 9.28. The Morgan fingerprint density at radius 2 is 2.27 bits per heavy atom. The lowest BCUT2D eigenvalue weighted by Crippen LogP contribution is -2.38. The van der Waals surface area contributed by atoms with Crippen LogP contribution in [0.2, 0.25) is 0 Å². The fourth-order valence-electron chi connectivity index (χ4n) is 1.15. The first kappa shape index (κ1) is 12.1. The summed E-state index contributed by atoms with van der Waals surface area (Å²) in [6.07, 6.45) is 1.77. The molecule has 1 aromatic heterocycles. The fourth-order valence-corrected chi connectivity index (χ4v) is 1.82. The molecule has 0 aliphatic heterocycles. The van der Waals surface area contributed by atoms with Crippen LogP contribution in [0.15, 0.2) is 11.6 Å². The first-order chi connectivity index (χ1) is 7.09. The van der Waals surface area contributed by atoms with Crippen molar-refractivity contribution >= 4 is 17.2 Å². The van der Waals surface area contributed by atoms with Crippen molar-refractivity contribution in [1.29, 1.82) is 0 Å². The Morgan fingerprint density at radius 3 is 2.80 bits per heavy atom. The van der Waals surface area contributed by atoms with Crippen LogP contribution in [-0.2, 0) is 4.79 Å². The van der Waals surface area contributed by atoms with E-state index in [4.69, 9.17) is 0 Å². The van der Waals surface area contributed by atoms with Crippen molar-refractivity contribution in [3.63, 3.8) is 0 Å². The maximum Gasteiger partial charge on any atom is 0.234 e. The molecular weight excluding hydrogens is 210 g/mol. The summed E-state index contributed by atoms with van der Waals surface area (Å²) >= 11 is 1.59. The monoisotopic (exact) mass is 227 g/mol. The Labute approximate surface area is 94.1 Å². The van der Waals surface area contributed by atoms with Gasteiger partial charge in [0.25, 0.3) is 0 Å². The number of nitrogens with zero attached hydrogens (tertiary/aromatic N) is 1. The van der Waals surface area contributed by atoms with Gasteiger partial charge in [-0.05, 0) is 20.8 Å². The third kappa shape index (κ3) is 4.40. The molecule has 15 heavy (non-hydrogen) atoms. The van der Waals surface area contributed by atoms with E-state index in [0.717, 1.165) is 5.01 Å². The van der Waals surface area contributed by atoms with Crippen molar-refractivity contribution in [3.05, 3.63) is 16.6 Å². The lowest BCUT2D eigenvalue weighted by atomic mass is 10.3. The van der Waals surface area contributed by atoms with E-state index in [2.05, 4.69) is 15.6 Å². The van der Waals surface area contributed by atoms with Gasteiger partial charge in [-0.15, -0.1) is 11.3 Å². The van der Waals surface area contributed by atoms with Gasteiger partial charge in [0.05, 0.1) is 12.6 Å². The second-order valence-corrected chi connectivity index (χ2v) is 4.62. The van der Waals surface area contributed by atoms with Gasteiger partial charge in [0, 0.05) is 17.6 Å². The van der Waals surface area contributed by atoms with E-state index in [9.17, 15) is 4.79 Å². The molecule has 0 radical (unpaired) electrons. The molecule has 4 nitrogen and oxygen atoms in total. The molecule has 1 aromatic rings. The number of rotatable bonds is 5. The molecule has 0 fully saturated rings. The van der Waals surface area contributed by atoms with Crippen LogP contribution < -0.4 is 10.6 Å². The predicted molar refractivity (Wildman–Crippen MR) is 61.8 cm³/mol. The van der Waals surface area contributed by atoms with E-state index >= 15 is 0 Å². The summed E-state index contributed by atoms with van der Waals surface area (Å²) in [6.45, 7) is 6.23. The molecule has 0 saturated heterocycles. The predicted octanol–water partition coefficient (Wildman–Crippen LogP) is 1.32. The molecule has 1 rings (SSSR count). The number of carbonyl (C=O) groups excluding carboxylic acids is 1. The average Bonchev–Trinajstić information content (AvgIpc) is 2.65. The van der Waals surface area contributed by atoms with Crippen molar-refractivity contribution in [3.8, 4) is 0 Å². The zero-order valence-corrected chi connectivity index (χ0v) is 10.1. The van der Waals surface area contributed by atoms with Gasteiger partial charge in [-0.1, -0.05) is 0 Å². The Bertz CT molecular complexity index is 298. The van der Waals surface area contributed by atoms with E-state index in [1.165, 1.54) is 0 Å². The summed E-state index contributed by atoms with van der Waals surface area (Å²) in [6, 6.07) is 0.317. The molecule has 5 heteroatoms. The van der Waals surface area contributed by atoms with Crippen LogP contribution in [-0.4, -0.2) is 23.5 Å². The first-order valence-electron chi connectivity index (χ1n) is 5.01. The summed E-state index contributed by atoms with van der Waals surface area (Å²) in [5, 5.41) is 8.89. The topological polar surface area (TPSA) is 54.0 Å². The minimum Gasteiger partial charge on any atom is -0.353 e. The van der Waals surface area contributed by atoms with E-state index in [1.54, 1.807) is 17.5 Å². The van der Waals surface area contributed by atoms with E-state index < -0.39 is 0 Å². The van der Waals surface area contributed by atoms with Crippen LogP contribution in [0.1, 0.15) is 31.8 Å². The number of carbonyl (C=O) groups is 1. The minimum absolute atomic E-state index is 0.0217. The largest absolute Gasteiger partial charge is 0.353 e. The van der Waals surface area contributed by atoms with Gasteiger partial charge < -0.3 is 5.32 Å². The summed E-state index contributed by atoms with van der Waals surface area (Å²) in [5.74, 6) is 0.0217. The molecule has 0 aromatic carbocycles. The van der Waals surface area contributed by atoms with Gasteiger partial charge in [-0.2, -0.15) is 0 Å². The standard InChI is InChI=1S/C10H17N3OS/c1-7(2)13-9(14)6-12-8(3)10-11-4-5-15-10/h4-5,7-8,12H,6H2,1-3H3,(H,13,14). The number of nitrogens with one attached hydrogen (secondary N) is 2. The highest BCUT2D eigenvalue weighted by molar-refractivity contribution is 7.09. The van der Waals surface area contributed by atoms with Crippen LogP contribution in [0.4, 0.5) is 0 Å². The Morgan fingerprint density at radius 1 is 1.53 bits per heavy atom. The van der Waals surface area contributed by atoms with Crippen LogP contribution in [0.3, 0.4) is 0 Å². The van der Waals surface area contributed by atoms with Gasteiger partial charge in [0.1, 0.15) is 5.01 Å². The number of hydrogen-bond acceptors (Lipinski definition) is 4. The smallest absolute Gasteiger partial charge is 0.234 e. The molecule has 1 amide bonds. The number of aromatic nitrogens is 1. The minimum atomic E-state index is 0.0217. The van der Waals surface area contributed by atoms with Gasteiger partial charge in [0.15, 0.2) is 0 Å². The lowest BCUT2D eigenvalue weighted by molar-refractivity contribution is -0.120. The van der Waals surface area contributed by atoms with E-state index in [1.807, 2.05) is 26.2 Å². The Kier molecular flexibility index (Phi) is 4.71. The lowest BCUT2D eigenvalue weighted by Gasteiger charge is -2.12. The summed E-state index contributed by atoms with van der Waals surface area (Å²) in [4.78, 5) is 15.5. The normalized spacial score (nSPS) is 12.8. The summed E-state index contributed by atoms with van der Waals surface area (Å²) in [7, 11) is 0. The molecule has 84 valence electrons. The molecule has 1 unspecified atom stereocenters. The number of hydrogen-bond donors (Lipinski definition) is 2. The molecule has 1 heterocycles. The molecule has 2 N–H and O–H groups in total.